The van der Waals surface area contributed by atoms with Crippen molar-refractivity contribution in [1.29, 1.82) is 0 Å². The fourth-order valence-corrected chi connectivity index (χ4v) is 3.24. The number of hydrogen-bond acceptors (Lipinski definition) is 8. The maximum atomic E-state index is 12.2. The largest absolute Gasteiger partial charge is 0.426 e. The van der Waals surface area contributed by atoms with E-state index in [0.717, 1.165) is 0 Å². The van der Waals surface area contributed by atoms with Gasteiger partial charge in [-0.05, 0) is 31.1 Å². The highest BCUT2D eigenvalue weighted by atomic mass is 16.6. The Kier molecular flexibility index (Phi) is 9.32. The van der Waals surface area contributed by atoms with Gasteiger partial charge in [0.25, 0.3) is 0 Å². The molecular formula is C22H29NO8. The highest BCUT2D eigenvalue weighted by molar-refractivity contribution is 5.94. The van der Waals surface area contributed by atoms with E-state index in [4.69, 9.17) is 9.47 Å². The molecule has 1 aliphatic heterocycles. The molecule has 5 atom stereocenters. The zero-order valence-corrected chi connectivity index (χ0v) is 17.6. The van der Waals surface area contributed by atoms with E-state index < -0.39 is 36.6 Å². The smallest absolute Gasteiger partial charge is 0.308 e. The number of hydrogen-bond donors (Lipinski definition) is 4. The number of rotatable bonds is 9. The molecule has 0 spiro atoms. The molecule has 1 amide bonds. The molecule has 1 aromatic carbocycles. The number of aliphatic hydroxyl groups is 3. The maximum Gasteiger partial charge on any atom is 0.308 e. The summed E-state index contributed by atoms with van der Waals surface area (Å²) in [4.78, 5) is 35.1. The lowest BCUT2D eigenvalue weighted by molar-refractivity contribution is -0.248. The van der Waals surface area contributed by atoms with Gasteiger partial charge in [-0.1, -0.05) is 25.1 Å². The molecule has 2 rings (SSSR count). The van der Waals surface area contributed by atoms with Crippen LogP contribution in [0, 0.1) is 0 Å². The summed E-state index contributed by atoms with van der Waals surface area (Å²) in [6, 6.07) is 5.58. The molecule has 0 radical (unpaired) electrons. The van der Waals surface area contributed by atoms with Crippen LogP contribution in [0.5, 0.6) is 5.75 Å². The van der Waals surface area contributed by atoms with Crippen LogP contribution in [0.1, 0.15) is 45.1 Å². The van der Waals surface area contributed by atoms with Crippen LogP contribution in [0.2, 0.25) is 0 Å². The number of ether oxygens (including phenoxy) is 2. The molecule has 9 nitrogen and oxygen atoms in total. The second-order valence-corrected chi connectivity index (χ2v) is 7.36. The van der Waals surface area contributed by atoms with Crippen LogP contribution in [-0.2, 0) is 19.1 Å². The Morgan fingerprint density at radius 2 is 1.84 bits per heavy atom. The van der Waals surface area contributed by atoms with Gasteiger partial charge in [0.2, 0.25) is 5.91 Å². The Hall–Kier alpha value is -2.59. The minimum absolute atomic E-state index is 0.0136. The monoisotopic (exact) mass is 435 g/mol. The van der Waals surface area contributed by atoms with Crippen molar-refractivity contribution in [3.05, 3.63) is 35.9 Å². The molecule has 9 heteroatoms. The molecule has 1 fully saturated rings. The molecule has 0 bridgehead atoms. The second kappa shape index (κ2) is 11.7. The van der Waals surface area contributed by atoms with Crippen molar-refractivity contribution in [2.45, 2.75) is 70.2 Å². The Balaban J connectivity index is 1.92. The normalized spacial score (nSPS) is 25.9. The Morgan fingerprint density at radius 3 is 2.52 bits per heavy atom. The Morgan fingerprint density at radius 1 is 1.13 bits per heavy atom. The van der Waals surface area contributed by atoms with Crippen molar-refractivity contribution in [3.8, 4) is 5.75 Å². The first-order chi connectivity index (χ1) is 14.7. The number of amides is 1. The van der Waals surface area contributed by atoms with Gasteiger partial charge in [-0.25, -0.2) is 0 Å². The van der Waals surface area contributed by atoms with Gasteiger partial charge in [-0.3, -0.25) is 14.4 Å². The van der Waals surface area contributed by atoms with Crippen LogP contribution < -0.4 is 10.1 Å². The van der Waals surface area contributed by atoms with E-state index in [1.54, 1.807) is 24.3 Å². The summed E-state index contributed by atoms with van der Waals surface area (Å²) in [6.07, 6.45) is -1.61. The van der Waals surface area contributed by atoms with E-state index in [9.17, 15) is 29.7 Å². The molecule has 1 unspecified atom stereocenters. The van der Waals surface area contributed by atoms with E-state index in [0.29, 0.717) is 17.7 Å². The van der Waals surface area contributed by atoms with Crippen LogP contribution in [0.4, 0.5) is 0 Å². The number of esters is 1. The Bertz CT molecular complexity index is 808. The number of carbonyl (C=O) groups excluding carboxylic acids is 3. The van der Waals surface area contributed by atoms with Crippen LogP contribution >= 0.6 is 0 Å². The third-order valence-corrected chi connectivity index (χ3v) is 4.82. The number of allylic oxidation sites excluding steroid dienone is 1. The van der Waals surface area contributed by atoms with Crippen LogP contribution in [0.25, 0.3) is 6.08 Å². The fraction of sp³-hybridized carbons (Fsp3) is 0.500. The lowest BCUT2D eigenvalue weighted by Crippen LogP contribution is -2.63. The average molecular weight is 435 g/mol. The predicted octanol–water partition coefficient (Wildman–Crippen LogP) is 0.698. The topological polar surface area (TPSA) is 142 Å². The van der Waals surface area contributed by atoms with Gasteiger partial charge >= 0.3 is 5.97 Å². The van der Waals surface area contributed by atoms with Gasteiger partial charge in [0, 0.05) is 25.3 Å². The third-order valence-electron chi connectivity index (χ3n) is 4.82. The lowest BCUT2D eigenvalue weighted by Gasteiger charge is -2.41. The van der Waals surface area contributed by atoms with Crippen molar-refractivity contribution in [2.75, 3.05) is 0 Å². The molecule has 1 aliphatic rings. The first-order valence-electron chi connectivity index (χ1n) is 10.2. The van der Waals surface area contributed by atoms with Gasteiger partial charge < -0.3 is 30.1 Å². The summed E-state index contributed by atoms with van der Waals surface area (Å²) in [6.45, 7) is 3.10. The minimum atomic E-state index is -1.51. The van der Waals surface area contributed by atoms with Crippen molar-refractivity contribution < 1.29 is 39.2 Å². The molecule has 0 saturated carbocycles. The van der Waals surface area contributed by atoms with E-state index in [2.05, 4.69) is 5.32 Å². The molecule has 1 aromatic rings. The fourth-order valence-electron chi connectivity index (χ4n) is 3.24. The van der Waals surface area contributed by atoms with Gasteiger partial charge in [0.05, 0.1) is 6.10 Å². The van der Waals surface area contributed by atoms with Gasteiger partial charge in [0.15, 0.2) is 12.1 Å². The maximum absolute atomic E-state index is 12.2. The van der Waals surface area contributed by atoms with E-state index in [-0.39, 0.29) is 31.0 Å². The highest BCUT2D eigenvalue weighted by Crippen LogP contribution is 2.24. The van der Waals surface area contributed by atoms with Crippen molar-refractivity contribution in [1.82, 2.24) is 5.32 Å². The summed E-state index contributed by atoms with van der Waals surface area (Å²) < 4.78 is 10.4. The van der Waals surface area contributed by atoms with Crippen LogP contribution in [0.3, 0.4) is 0 Å². The zero-order chi connectivity index (χ0) is 23.0. The first kappa shape index (κ1) is 24.7. The van der Waals surface area contributed by atoms with Gasteiger partial charge in [-0.2, -0.15) is 0 Å². The molecule has 31 heavy (non-hydrogen) atoms. The quantitative estimate of drug-likeness (QED) is 0.252. The van der Waals surface area contributed by atoms with Crippen LogP contribution in [-0.4, -0.2) is 63.6 Å². The number of benzene rings is 1. The summed E-state index contributed by atoms with van der Waals surface area (Å²) in [5, 5.41) is 33.1. The van der Waals surface area contributed by atoms with Crippen molar-refractivity contribution in [2.24, 2.45) is 0 Å². The third kappa shape index (κ3) is 7.25. The lowest BCUT2D eigenvalue weighted by atomic mass is 9.93. The summed E-state index contributed by atoms with van der Waals surface area (Å²) in [5.41, 5.74) is 0.552. The number of carbonyl (C=O) groups is 3. The summed E-state index contributed by atoms with van der Waals surface area (Å²) in [5.74, 6) is -0.797. The van der Waals surface area contributed by atoms with E-state index >= 15 is 0 Å². The minimum Gasteiger partial charge on any atom is -0.426 e. The van der Waals surface area contributed by atoms with Crippen LogP contribution in [0.15, 0.2) is 30.3 Å². The SMILES string of the molecule is CCCC(=O)N[C@H]1C(O)O[C@H](CCC(=O)/C=C/c2ccccc2OC(C)=O)[C@@H](O)[C@@H]1O. The average Bonchev–Trinajstić information content (AvgIpc) is 2.72. The molecule has 0 aromatic heterocycles. The molecule has 1 saturated heterocycles. The number of para-hydroxylation sites is 1. The highest BCUT2D eigenvalue weighted by Gasteiger charge is 2.44. The molecule has 170 valence electrons. The molecule has 4 N–H and O–H groups in total. The molecule has 0 aliphatic carbocycles. The first-order valence-corrected chi connectivity index (χ1v) is 10.2. The molecule has 1 heterocycles. The van der Waals surface area contributed by atoms with Crippen molar-refractivity contribution >= 4 is 23.7 Å². The van der Waals surface area contributed by atoms with Crippen molar-refractivity contribution in [3.63, 3.8) is 0 Å². The standard InChI is InChI=1S/C22H29NO8/c1-3-6-18(26)23-19-21(28)20(27)17(31-22(19)29)12-11-15(25)10-9-14-7-4-5-8-16(14)30-13(2)24/h4-5,7-10,17,19-22,27-29H,3,6,11-12H2,1-2H3,(H,23,26)/b10-9+/t17-,19-,20-,21-,22?/m1/s1. The Labute approximate surface area is 180 Å². The predicted molar refractivity (Wildman–Crippen MR) is 111 cm³/mol. The van der Waals surface area contributed by atoms with E-state index in [1.807, 2.05) is 6.92 Å². The van der Waals surface area contributed by atoms with E-state index in [1.165, 1.54) is 19.1 Å². The second-order valence-electron chi connectivity index (χ2n) is 7.36. The molecular weight excluding hydrogens is 406 g/mol. The van der Waals surface area contributed by atoms with Gasteiger partial charge in [0.1, 0.15) is 24.0 Å². The summed E-state index contributed by atoms with van der Waals surface area (Å²) in [7, 11) is 0. The number of ketones is 1. The number of aliphatic hydroxyl groups excluding tert-OH is 3. The summed E-state index contributed by atoms with van der Waals surface area (Å²) >= 11 is 0. The number of nitrogens with one attached hydrogen (secondary N) is 1. The zero-order valence-electron chi connectivity index (χ0n) is 17.6. The van der Waals surface area contributed by atoms with Gasteiger partial charge in [-0.15, -0.1) is 0 Å².